The molecule has 132 valence electrons. The van der Waals surface area contributed by atoms with Gasteiger partial charge in [-0.05, 0) is 18.6 Å². The quantitative estimate of drug-likeness (QED) is 0.698. The summed E-state index contributed by atoms with van der Waals surface area (Å²) in [4.78, 5) is 31.6. The highest BCUT2D eigenvalue weighted by Crippen LogP contribution is 2.31. The van der Waals surface area contributed by atoms with Gasteiger partial charge in [-0.25, -0.2) is 9.50 Å². The maximum atomic E-state index is 12.9. The van der Waals surface area contributed by atoms with E-state index in [0.717, 1.165) is 0 Å². The second kappa shape index (κ2) is 5.62. The van der Waals surface area contributed by atoms with Gasteiger partial charge in [-0.15, -0.1) is 0 Å². The highest BCUT2D eigenvalue weighted by Gasteiger charge is 2.33. The molecule has 0 unspecified atom stereocenters. The molecule has 26 heavy (non-hydrogen) atoms. The molecule has 2 aliphatic heterocycles. The third kappa shape index (κ3) is 2.26. The number of benzene rings is 1. The van der Waals surface area contributed by atoms with E-state index in [9.17, 15) is 9.59 Å². The summed E-state index contributed by atoms with van der Waals surface area (Å²) < 4.78 is 12.9. The van der Waals surface area contributed by atoms with Crippen LogP contribution in [-0.4, -0.2) is 44.7 Å². The van der Waals surface area contributed by atoms with Crippen LogP contribution >= 0.6 is 0 Å². The number of ether oxygens (including phenoxy) is 2. The van der Waals surface area contributed by atoms with E-state index in [2.05, 4.69) is 10.1 Å². The van der Waals surface area contributed by atoms with E-state index in [1.54, 1.807) is 23.2 Å². The Kier molecular flexibility index (Phi) is 3.24. The summed E-state index contributed by atoms with van der Waals surface area (Å²) in [5.41, 5.74) is 1.74. The van der Waals surface area contributed by atoms with Gasteiger partial charge in [0.25, 0.3) is 11.5 Å². The molecule has 0 saturated heterocycles. The van der Waals surface area contributed by atoms with Gasteiger partial charge in [0, 0.05) is 24.4 Å². The van der Waals surface area contributed by atoms with Crippen molar-refractivity contribution >= 4 is 11.6 Å². The number of hydrogen-bond acceptors (Lipinski definition) is 5. The molecule has 1 N–H and O–H groups in total. The van der Waals surface area contributed by atoms with Gasteiger partial charge in [-0.3, -0.25) is 14.7 Å². The number of hydrogen-bond donors (Lipinski definition) is 1. The van der Waals surface area contributed by atoms with Gasteiger partial charge in [0.2, 0.25) is 6.10 Å². The molecule has 1 atom stereocenters. The first-order valence-electron chi connectivity index (χ1n) is 8.46. The summed E-state index contributed by atoms with van der Waals surface area (Å²) in [6, 6.07) is 9.03. The number of fused-ring (bicyclic) bond motifs is 3. The molecule has 1 amide bonds. The fourth-order valence-electron chi connectivity index (χ4n) is 3.46. The summed E-state index contributed by atoms with van der Waals surface area (Å²) in [6.07, 6.45) is 1.45. The summed E-state index contributed by atoms with van der Waals surface area (Å²) in [5, 5.41) is 2.86. The Morgan fingerprint density at radius 2 is 2.08 bits per heavy atom. The van der Waals surface area contributed by atoms with Crippen molar-refractivity contribution in [3.8, 4) is 11.5 Å². The molecule has 0 fully saturated rings. The number of amides is 1. The molecule has 5 rings (SSSR count). The Hall–Kier alpha value is -3.29. The lowest BCUT2D eigenvalue weighted by molar-refractivity contribution is -0.142. The molecule has 0 spiro atoms. The van der Waals surface area contributed by atoms with E-state index < -0.39 is 6.10 Å². The molecule has 8 heteroatoms. The smallest absolute Gasteiger partial charge is 0.276 e. The Morgan fingerprint density at radius 3 is 2.96 bits per heavy atom. The lowest BCUT2D eigenvalue weighted by Gasteiger charge is -2.32. The van der Waals surface area contributed by atoms with Gasteiger partial charge in [0.15, 0.2) is 17.1 Å². The Labute approximate surface area is 148 Å². The van der Waals surface area contributed by atoms with E-state index in [0.29, 0.717) is 47.9 Å². The van der Waals surface area contributed by atoms with Crippen LogP contribution in [0.4, 0.5) is 0 Å². The van der Waals surface area contributed by atoms with Crippen molar-refractivity contribution in [1.82, 2.24) is 19.5 Å². The molecule has 8 nitrogen and oxygen atoms in total. The number of aromatic amines is 1. The fourth-order valence-corrected chi connectivity index (χ4v) is 3.46. The molecule has 1 aromatic carbocycles. The molecule has 0 radical (unpaired) electrons. The van der Waals surface area contributed by atoms with Crippen LogP contribution in [0.5, 0.6) is 11.5 Å². The van der Waals surface area contributed by atoms with E-state index in [1.165, 1.54) is 4.52 Å². The summed E-state index contributed by atoms with van der Waals surface area (Å²) >= 11 is 0. The van der Waals surface area contributed by atoms with Crippen LogP contribution in [0.3, 0.4) is 0 Å². The van der Waals surface area contributed by atoms with Crippen molar-refractivity contribution < 1.29 is 14.3 Å². The standard InChI is InChI=1S/C18H16N4O4/c23-17-11-6-8-21(9-12(11)20-16-5-7-19-22(16)17)18(24)15-10-25-13-3-1-2-4-14(13)26-15/h1-5,7,15,19H,6,8-10H2/t15-/m0/s1. The average molecular weight is 352 g/mol. The lowest BCUT2D eigenvalue weighted by Crippen LogP contribution is -2.49. The van der Waals surface area contributed by atoms with Crippen LogP contribution in [0.1, 0.15) is 11.3 Å². The van der Waals surface area contributed by atoms with Crippen LogP contribution in [0, 0.1) is 0 Å². The average Bonchev–Trinajstić information content (AvgIpc) is 3.15. The van der Waals surface area contributed by atoms with E-state index in [-0.39, 0.29) is 18.1 Å². The Bertz CT molecular complexity index is 1070. The van der Waals surface area contributed by atoms with Gasteiger partial charge < -0.3 is 14.4 Å². The fraction of sp³-hybridized carbons (Fsp3) is 0.278. The number of nitrogens with one attached hydrogen (secondary N) is 1. The van der Waals surface area contributed by atoms with Gasteiger partial charge >= 0.3 is 0 Å². The van der Waals surface area contributed by atoms with Crippen molar-refractivity contribution in [2.45, 2.75) is 19.1 Å². The van der Waals surface area contributed by atoms with E-state index in [1.807, 2.05) is 18.2 Å². The van der Waals surface area contributed by atoms with Crippen LogP contribution < -0.4 is 15.0 Å². The lowest BCUT2D eigenvalue weighted by atomic mass is 10.1. The maximum absolute atomic E-state index is 12.9. The van der Waals surface area contributed by atoms with Gasteiger partial charge in [-0.1, -0.05) is 12.1 Å². The minimum atomic E-state index is -0.691. The largest absolute Gasteiger partial charge is 0.485 e. The van der Waals surface area contributed by atoms with Crippen molar-refractivity contribution in [1.29, 1.82) is 0 Å². The van der Waals surface area contributed by atoms with Crippen molar-refractivity contribution in [2.75, 3.05) is 13.2 Å². The first-order chi connectivity index (χ1) is 12.7. The monoisotopic (exact) mass is 352 g/mol. The number of carbonyl (C=O) groups is 1. The second-order valence-electron chi connectivity index (χ2n) is 6.37. The van der Waals surface area contributed by atoms with Crippen LogP contribution in [0.25, 0.3) is 5.65 Å². The Balaban J connectivity index is 1.40. The van der Waals surface area contributed by atoms with Crippen molar-refractivity contribution in [3.63, 3.8) is 0 Å². The number of para-hydroxylation sites is 2. The van der Waals surface area contributed by atoms with Crippen LogP contribution in [-0.2, 0) is 17.8 Å². The summed E-state index contributed by atoms with van der Waals surface area (Å²) in [6.45, 7) is 0.926. The predicted molar refractivity (Wildman–Crippen MR) is 91.3 cm³/mol. The minimum Gasteiger partial charge on any atom is -0.485 e. The summed E-state index contributed by atoms with van der Waals surface area (Å²) in [7, 11) is 0. The normalized spacial score (nSPS) is 18.6. The molecule has 0 saturated carbocycles. The van der Waals surface area contributed by atoms with Crippen LogP contribution in [0.2, 0.25) is 0 Å². The van der Waals surface area contributed by atoms with Gasteiger partial charge in [0.05, 0.1) is 12.2 Å². The third-order valence-corrected chi connectivity index (χ3v) is 4.79. The van der Waals surface area contributed by atoms with Crippen LogP contribution in [0.15, 0.2) is 41.3 Å². The zero-order chi connectivity index (χ0) is 17.7. The zero-order valence-corrected chi connectivity index (χ0v) is 13.8. The highest BCUT2D eigenvalue weighted by molar-refractivity contribution is 5.82. The number of rotatable bonds is 1. The molecule has 4 heterocycles. The SMILES string of the molecule is O=C([C@@H]1COc2ccccc2O1)N1CCc2c(nc3cc[nH]n3c2=O)C1. The molecular formula is C18H16N4O4. The van der Waals surface area contributed by atoms with E-state index >= 15 is 0 Å². The van der Waals surface area contributed by atoms with E-state index in [4.69, 9.17) is 9.47 Å². The molecule has 2 aromatic heterocycles. The van der Waals surface area contributed by atoms with Gasteiger partial charge in [0.1, 0.15) is 6.61 Å². The Morgan fingerprint density at radius 1 is 1.23 bits per heavy atom. The highest BCUT2D eigenvalue weighted by atomic mass is 16.6. The number of carbonyl (C=O) groups excluding carboxylic acids is 1. The second-order valence-corrected chi connectivity index (χ2v) is 6.37. The minimum absolute atomic E-state index is 0.103. The molecule has 0 bridgehead atoms. The molecule has 2 aliphatic rings. The first kappa shape index (κ1) is 15.0. The first-order valence-corrected chi connectivity index (χ1v) is 8.46. The molecule has 3 aromatic rings. The molecule has 0 aliphatic carbocycles. The number of H-pyrrole nitrogens is 1. The third-order valence-electron chi connectivity index (χ3n) is 4.79. The summed E-state index contributed by atoms with van der Waals surface area (Å²) in [5.74, 6) is 1.06. The molecular weight excluding hydrogens is 336 g/mol. The van der Waals surface area contributed by atoms with Crippen molar-refractivity contribution in [2.24, 2.45) is 0 Å². The van der Waals surface area contributed by atoms with Gasteiger partial charge in [-0.2, -0.15) is 0 Å². The maximum Gasteiger partial charge on any atom is 0.276 e. The van der Waals surface area contributed by atoms with Crippen molar-refractivity contribution in [3.05, 3.63) is 58.1 Å². The number of nitrogens with zero attached hydrogens (tertiary/aromatic N) is 3. The predicted octanol–water partition coefficient (Wildman–Crippen LogP) is 0.747. The number of aromatic nitrogens is 3. The zero-order valence-electron chi connectivity index (χ0n) is 13.8. The topological polar surface area (TPSA) is 88.9 Å².